The van der Waals surface area contributed by atoms with E-state index in [0.29, 0.717) is 17.5 Å². The molecule has 0 saturated carbocycles. The third-order valence-corrected chi connectivity index (χ3v) is 6.07. The number of nitrogens with zero attached hydrogens (tertiary/aromatic N) is 5. The molecular weight excluding hydrogens is 434 g/mol. The van der Waals surface area contributed by atoms with Crippen LogP contribution in [0.5, 0.6) is 0 Å². The molecule has 0 fully saturated rings. The van der Waals surface area contributed by atoms with Gasteiger partial charge in [0.25, 0.3) is 0 Å². The van der Waals surface area contributed by atoms with Gasteiger partial charge in [-0.05, 0) is 42.1 Å². The molecule has 6 nitrogen and oxygen atoms in total. The lowest BCUT2D eigenvalue weighted by Gasteiger charge is -2.04. The van der Waals surface area contributed by atoms with Gasteiger partial charge in [-0.25, -0.2) is 0 Å². The predicted molar refractivity (Wildman–Crippen MR) is 105 cm³/mol. The molecule has 4 aromatic rings. The molecule has 0 aliphatic carbocycles. The molecule has 26 heavy (non-hydrogen) atoms. The van der Waals surface area contributed by atoms with Crippen molar-refractivity contribution < 1.29 is 4.42 Å². The number of aromatic nitrogens is 5. The van der Waals surface area contributed by atoms with Gasteiger partial charge in [0.05, 0.1) is 5.75 Å². The Morgan fingerprint density at radius 1 is 1.12 bits per heavy atom. The van der Waals surface area contributed by atoms with E-state index in [2.05, 4.69) is 58.4 Å². The molecule has 0 aliphatic heterocycles. The average molecular weight is 448 g/mol. The average Bonchev–Trinajstić information content (AvgIpc) is 3.40. The van der Waals surface area contributed by atoms with Gasteiger partial charge in [-0.1, -0.05) is 33.8 Å². The molecule has 3 heterocycles. The van der Waals surface area contributed by atoms with E-state index in [4.69, 9.17) is 4.42 Å². The molecule has 0 N–H and O–H groups in total. The number of thioether (sulfide) groups is 1. The predicted octanol–water partition coefficient (Wildman–Crippen LogP) is 4.69. The largest absolute Gasteiger partial charge is 0.420 e. The monoisotopic (exact) mass is 447 g/mol. The van der Waals surface area contributed by atoms with Crippen LogP contribution in [0.4, 0.5) is 0 Å². The summed E-state index contributed by atoms with van der Waals surface area (Å²) in [6.07, 6.45) is 2.73. The Kier molecular flexibility index (Phi) is 5.47. The van der Waals surface area contributed by atoms with Crippen LogP contribution in [-0.2, 0) is 18.7 Å². The molecule has 3 aromatic heterocycles. The minimum atomic E-state index is 0.521. The molecule has 0 radical (unpaired) electrons. The van der Waals surface area contributed by atoms with E-state index < -0.39 is 0 Å². The second kappa shape index (κ2) is 8.15. The maximum atomic E-state index is 5.75. The summed E-state index contributed by atoms with van der Waals surface area (Å²) in [6, 6.07) is 12.0. The van der Waals surface area contributed by atoms with Crippen molar-refractivity contribution in [3.63, 3.8) is 0 Å². The molecule has 0 amide bonds. The Hall–Kier alpha value is -1.97. The number of thiophene rings is 1. The fraction of sp³-hybridized carbons (Fsp3) is 0.176. The number of benzene rings is 1. The zero-order chi connectivity index (χ0) is 17.8. The van der Waals surface area contributed by atoms with Crippen LogP contribution in [-0.4, -0.2) is 25.0 Å². The summed E-state index contributed by atoms with van der Waals surface area (Å²) in [5.74, 6) is 1.65. The van der Waals surface area contributed by atoms with Gasteiger partial charge in [0.2, 0.25) is 11.8 Å². The molecule has 0 spiro atoms. The third kappa shape index (κ3) is 4.22. The van der Waals surface area contributed by atoms with Crippen LogP contribution in [0.1, 0.15) is 10.8 Å². The molecule has 0 aliphatic rings. The van der Waals surface area contributed by atoms with Crippen molar-refractivity contribution in [2.45, 2.75) is 23.9 Å². The zero-order valence-corrected chi connectivity index (χ0v) is 16.8. The lowest BCUT2D eigenvalue weighted by Crippen LogP contribution is -2.01. The molecule has 0 unspecified atom stereocenters. The molecule has 0 atom stereocenters. The fourth-order valence-corrected chi connectivity index (χ4v) is 4.08. The van der Waals surface area contributed by atoms with Crippen molar-refractivity contribution in [2.75, 3.05) is 0 Å². The second-order valence-electron chi connectivity index (χ2n) is 5.43. The number of hydrogen-bond donors (Lipinski definition) is 0. The highest BCUT2D eigenvalue weighted by Crippen LogP contribution is 2.24. The van der Waals surface area contributed by atoms with Crippen LogP contribution in [0.15, 0.2) is 62.2 Å². The summed E-state index contributed by atoms with van der Waals surface area (Å²) < 4.78 is 8.82. The van der Waals surface area contributed by atoms with E-state index in [1.54, 1.807) is 29.4 Å². The Balaban J connectivity index is 1.37. The van der Waals surface area contributed by atoms with Crippen molar-refractivity contribution in [3.05, 3.63) is 63.3 Å². The van der Waals surface area contributed by atoms with E-state index >= 15 is 0 Å². The van der Waals surface area contributed by atoms with Crippen molar-refractivity contribution in [3.8, 4) is 11.5 Å². The minimum Gasteiger partial charge on any atom is -0.420 e. The first-order chi connectivity index (χ1) is 12.8. The quantitative estimate of drug-likeness (QED) is 0.382. The van der Waals surface area contributed by atoms with Crippen molar-refractivity contribution in [1.29, 1.82) is 0 Å². The van der Waals surface area contributed by atoms with Crippen LogP contribution in [0, 0.1) is 0 Å². The number of halogens is 1. The number of rotatable bonds is 7. The Labute approximate surface area is 166 Å². The normalized spacial score (nSPS) is 11.1. The highest BCUT2D eigenvalue weighted by Gasteiger charge is 2.11. The molecule has 0 saturated heterocycles. The van der Waals surface area contributed by atoms with E-state index in [-0.39, 0.29) is 0 Å². The second-order valence-corrected chi connectivity index (χ2v) is 8.32. The Morgan fingerprint density at radius 3 is 2.81 bits per heavy atom. The first-order valence-electron chi connectivity index (χ1n) is 7.89. The van der Waals surface area contributed by atoms with Gasteiger partial charge in [-0.15, -0.1) is 31.7 Å². The van der Waals surface area contributed by atoms with E-state index in [0.717, 1.165) is 28.2 Å². The van der Waals surface area contributed by atoms with Gasteiger partial charge in [0, 0.05) is 21.5 Å². The van der Waals surface area contributed by atoms with Crippen LogP contribution >= 0.6 is 39.0 Å². The molecule has 9 heteroatoms. The molecule has 0 bridgehead atoms. The molecule has 1 aromatic carbocycles. The van der Waals surface area contributed by atoms with Gasteiger partial charge in [0.1, 0.15) is 6.33 Å². The van der Waals surface area contributed by atoms with Crippen molar-refractivity contribution >= 4 is 39.0 Å². The maximum absolute atomic E-state index is 5.75. The molecule has 132 valence electrons. The van der Waals surface area contributed by atoms with Crippen LogP contribution in [0.2, 0.25) is 0 Å². The van der Waals surface area contributed by atoms with Crippen LogP contribution in [0.25, 0.3) is 11.5 Å². The summed E-state index contributed by atoms with van der Waals surface area (Å²) in [6.45, 7) is 0.851. The number of aryl methyl sites for hydroxylation is 2. The highest BCUT2D eigenvalue weighted by molar-refractivity contribution is 9.10. The number of hydrogen-bond acceptors (Lipinski definition) is 7. The van der Waals surface area contributed by atoms with E-state index in [9.17, 15) is 0 Å². The van der Waals surface area contributed by atoms with Gasteiger partial charge in [0.15, 0.2) is 5.16 Å². The zero-order valence-electron chi connectivity index (χ0n) is 13.6. The Morgan fingerprint density at radius 2 is 2.00 bits per heavy atom. The van der Waals surface area contributed by atoms with Gasteiger partial charge >= 0.3 is 0 Å². The van der Waals surface area contributed by atoms with Gasteiger partial charge < -0.3 is 8.98 Å². The smallest absolute Gasteiger partial charge is 0.247 e. The minimum absolute atomic E-state index is 0.521. The van der Waals surface area contributed by atoms with Crippen molar-refractivity contribution in [1.82, 2.24) is 25.0 Å². The summed E-state index contributed by atoms with van der Waals surface area (Å²) >= 11 is 6.73. The topological polar surface area (TPSA) is 69.6 Å². The summed E-state index contributed by atoms with van der Waals surface area (Å²) in [5.41, 5.74) is 0.899. The van der Waals surface area contributed by atoms with Crippen LogP contribution in [0.3, 0.4) is 0 Å². The molecular formula is C17H14BrN5OS2. The lowest BCUT2D eigenvalue weighted by molar-refractivity contribution is 0.528. The first kappa shape index (κ1) is 17.4. The standard InChI is InChI=1S/C17H14BrN5OS2/c18-13-5-3-12(4-6-13)16-21-20-15(24-16)10-26-17-22-19-11-23(17)8-7-14-2-1-9-25-14/h1-6,9,11H,7-8,10H2. The Bertz CT molecular complexity index is 965. The van der Waals surface area contributed by atoms with Crippen LogP contribution < -0.4 is 0 Å². The van der Waals surface area contributed by atoms with E-state index in [1.165, 1.54) is 4.88 Å². The summed E-state index contributed by atoms with van der Waals surface area (Å²) in [7, 11) is 0. The SMILES string of the molecule is Brc1ccc(-c2nnc(CSc3nncn3CCc3cccs3)o2)cc1. The lowest BCUT2D eigenvalue weighted by atomic mass is 10.2. The van der Waals surface area contributed by atoms with Gasteiger partial charge in [-0.2, -0.15) is 0 Å². The van der Waals surface area contributed by atoms with Gasteiger partial charge in [-0.3, -0.25) is 0 Å². The highest BCUT2D eigenvalue weighted by atomic mass is 79.9. The first-order valence-corrected chi connectivity index (χ1v) is 10.5. The fourth-order valence-electron chi connectivity index (χ4n) is 2.34. The maximum Gasteiger partial charge on any atom is 0.247 e. The van der Waals surface area contributed by atoms with Crippen molar-refractivity contribution in [2.24, 2.45) is 0 Å². The third-order valence-electron chi connectivity index (χ3n) is 3.64. The molecule has 4 rings (SSSR count). The summed E-state index contributed by atoms with van der Waals surface area (Å²) in [5, 5.41) is 19.4. The summed E-state index contributed by atoms with van der Waals surface area (Å²) in [4.78, 5) is 1.35. The van der Waals surface area contributed by atoms with E-state index in [1.807, 2.05) is 24.3 Å².